The van der Waals surface area contributed by atoms with Crippen LogP contribution in [0.2, 0.25) is 0 Å². The Morgan fingerprint density at radius 3 is 2.35 bits per heavy atom. The summed E-state index contributed by atoms with van der Waals surface area (Å²) >= 11 is 0. The van der Waals surface area contributed by atoms with Gasteiger partial charge in [-0.15, -0.1) is 24.0 Å². The minimum Gasteiger partial charge on any atom is -0.381 e. The van der Waals surface area contributed by atoms with Crippen molar-refractivity contribution in [2.75, 3.05) is 59.7 Å². The first-order valence-electron chi connectivity index (χ1n) is 9.34. The van der Waals surface area contributed by atoms with Gasteiger partial charge in [-0.25, -0.2) is 12.7 Å². The molecule has 2 aliphatic rings. The molecule has 2 heterocycles. The highest BCUT2D eigenvalue weighted by molar-refractivity contribution is 14.0. The number of sulfonamides is 1. The fourth-order valence-corrected chi connectivity index (χ4v) is 4.46. The lowest BCUT2D eigenvalue weighted by Gasteiger charge is -2.31. The second-order valence-corrected chi connectivity index (χ2v) is 9.28. The summed E-state index contributed by atoms with van der Waals surface area (Å²) < 4.78 is 30.1. The normalized spacial score (nSPS) is 21.3. The molecule has 2 fully saturated rings. The Hall–Kier alpha value is -0.130. The first-order chi connectivity index (χ1) is 11.9. The number of aliphatic imine (C=N–C) groups is 1. The van der Waals surface area contributed by atoms with Crippen LogP contribution in [0.1, 0.15) is 32.1 Å². The maximum absolute atomic E-state index is 11.6. The Bertz CT molecular complexity index is 530. The molecule has 0 aromatic heterocycles. The third-order valence-electron chi connectivity index (χ3n) is 5.38. The van der Waals surface area contributed by atoms with Crippen molar-refractivity contribution in [3.8, 4) is 0 Å². The number of hydrogen-bond acceptors (Lipinski definition) is 4. The van der Waals surface area contributed by atoms with Crippen molar-refractivity contribution in [3.63, 3.8) is 0 Å². The van der Waals surface area contributed by atoms with Crippen LogP contribution in [0.5, 0.6) is 0 Å². The van der Waals surface area contributed by atoms with Gasteiger partial charge in [0.25, 0.3) is 0 Å². The van der Waals surface area contributed by atoms with Crippen molar-refractivity contribution in [3.05, 3.63) is 0 Å². The summed E-state index contributed by atoms with van der Waals surface area (Å²) in [4.78, 5) is 6.59. The van der Waals surface area contributed by atoms with Crippen LogP contribution < -0.4 is 5.32 Å². The number of halogens is 1. The van der Waals surface area contributed by atoms with E-state index in [-0.39, 0.29) is 24.0 Å². The Balaban J connectivity index is 0.00000338. The summed E-state index contributed by atoms with van der Waals surface area (Å²) in [5.74, 6) is 2.19. The molecule has 2 saturated heterocycles. The van der Waals surface area contributed by atoms with Crippen LogP contribution in [-0.4, -0.2) is 83.3 Å². The molecule has 0 unspecified atom stereocenters. The van der Waals surface area contributed by atoms with Gasteiger partial charge in [0.2, 0.25) is 10.0 Å². The minimum absolute atomic E-state index is 0. The van der Waals surface area contributed by atoms with Gasteiger partial charge in [-0.1, -0.05) is 0 Å². The van der Waals surface area contributed by atoms with E-state index in [1.165, 1.54) is 25.5 Å². The largest absolute Gasteiger partial charge is 0.381 e. The Kier molecular flexibility index (Phi) is 10.7. The average Bonchev–Trinajstić information content (AvgIpc) is 2.61. The Labute approximate surface area is 176 Å². The highest BCUT2D eigenvalue weighted by atomic mass is 127. The van der Waals surface area contributed by atoms with E-state index in [2.05, 4.69) is 22.3 Å². The predicted molar refractivity (Wildman–Crippen MR) is 117 cm³/mol. The highest BCUT2D eigenvalue weighted by Gasteiger charge is 2.25. The summed E-state index contributed by atoms with van der Waals surface area (Å²) in [6.45, 7) is 4.90. The molecule has 0 atom stereocenters. The van der Waals surface area contributed by atoms with Crippen LogP contribution in [0.3, 0.4) is 0 Å². The van der Waals surface area contributed by atoms with Gasteiger partial charge in [0.1, 0.15) is 0 Å². The number of nitrogens with zero attached hydrogens (tertiary/aromatic N) is 3. The van der Waals surface area contributed by atoms with Crippen LogP contribution in [0, 0.1) is 11.8 Å². The maximum Gasteiger partial charge on any atom is 0.211 e. The van der Waals surface area contributed by atoms with E-state index >= 15 is 0 Å². The fourth-order valence-electron chi connectivity index (χ4n) is 3.58. The average molecular weight is 502 g/mol. The van der Waals surface area contributed by atoms with Crippen molar-refractivity contribution in [2.24, 2.45) is 16.8 Å². The van der Waals surface area contributed by atoms with E-state index in [1.807, 2.05) is 7.05 Å². The van der Waals surface area contributed by atoms with Crippen LogP contribution in [0.4, 0.5) is 0 Å². The molecule has 154 valence electrons. The minimum atomic E-state index is -3.04. The molecule has 9 heteroatoms. The molecule has 2 rings (SSSR count). The molecular formula is C17H35IN4O3S. The molecule has 0 spiro atoms. The quantitative estimate of drug-likeness (QED) is 0.340. The summed E-state index contributed by atoms with van der Waals surface area (Å²) in [5, 5.41) is 3.46. The number of guanidine groups is 1. The summed E-state index contributed by atoms with van der Waals surface area (Å²) in [6, 6.07) is 0. The van der Waals surface area contributed by atoms with E-state index in [0.717, 1.165) is 51.0 Å². The third-order valence-corrected chi connectivity index (χ3v) is 6.68. The zero-order valence-electron chi connectivity index (χ0n) is 16.3. The predicted octanol–water partition coefficient (Wildman–Crippen LogP) is 1.60. The first-order valence-corrected chi connectivity index (χ1v) is 11.2. The van der Waals surface area contributed by atoms with E-state index in [0.29, 0.717) is 19.0 Å². The lowest BCUT2D eigenvalue weighted by atomic mass is 9.96. The van der Waals surface area contributed by atoms with Crippen molar-refractivity contribution in [1.82, 2.24) is 14.5 Å². The van der Waals surface area contributed by atoms with Gasteiger partial charge in [-0.3, -0.25) is 4.99 Å². The second-order valence-electron chi connectivity index (χ2n) is 7.30. The monoisotopic (exact) mass is 502 g/mol. The second kappa shape index (κ2) is 11.7. The van der Waals surface area contributed by atoms with Crippen molar-refractivity contribution in [2.45, 2.75) is 32.1 Å². The standard InChI is InChI=1S/C17H34N4O3S.HI/c1-18-17(20(2)9-4-15-7-12-24-13-8-15)19-14-16-5-10-21(11-6-16)25(3,22)23;/h15-16H,4-14H2,1-3H3,(H,18,19);1H. The maximum atomic E-state index is 11.6. The van der Waals surface area contributed by atoms with Gasteiger partial charge >= 0.3 is 0 Å². The molecule has 1 N–H and O–H groups in total. The van der Waals surface area contributed by atoms with Gasteiger partial charge in [0.05, 0.1) is 6.26 Å². The summed E-state index contributed by atoms with van der Waals surface area (Å²) in [6.07, 6.45) is 6.61. The van der Waals surface area contributed by atoms with E-state index in [9.17, 15) is 8.42 Å². The first kappa shape index (κ1) is 23.9. The molecule has 0 radical (unpaired) electrons. The van der Waals surface area contributed by atoms with Crippen LogP contribution in [0.15, 0.2) is 4.99 Å². The molecule has 26 heavy (non-hydrogen) atoms. The molecule has 2 aliphatic heterocycles. The SMILES string of the molecule is CN=C(NCC1CCN(S(C)(=O)=O)CC1)N(C)CCC1CCOCC1.I. The third kappa shape index (κ3) is 7.85. The number of piperidine rings is 1. The number of hydrogen-bond donors (Lipinski definition) is 1. The molecule has 0 aromatic rings. The number of nitrogens with one attached hydrogen (secondary N) is 1. The molecular weight excluding hydrogens is 467 g/mol. The smallest absolute Gasteiger partial charge is 0.211 e. The zero-order chi connectivity index (χ0) is 18.3. The van der Waals surface area contributed by atoms with Crippen LogP contribution >= 0.6 is 24.0 Å². The molecule has 0 aliphatic carbocycles. The van der Waals surface area contributed by atoms with E-state index < -0.39 is 10.0 Å². The van der Waals surface area contributed by atoms with Gasteiger partial charge in [0.15, 0.2) is 5.96 Å². The lowest BCUT2D eigenvalue weighted by Crippen LogP contribution is -2.44. The Morgan fingerprint density at radius 2 is 1.81 bits per heavy atom. The van der Waals surface area contributed by atoms with Gasteiger partial charge in [-0.05, 0) is 43.9 Å². The summed E-state index contributed by atoms with van der Waals surface area (Å²) in [5.41, 5.74) is 0. The number of rotatable bonds is 6. The molecule has 0 bridgehead atoms. The van der Waals surface area contributed by atoms with Gasteiger partial charge < -0.3 is 15.0 Å². The highest BCUT2D eigenvalue weighted by Crippen LogP contribution is 2.19. The molecule has 7 nitrogen and oxygen atoms in total. The topological polar surface area (TPSA) is 74.2 Å². The molecule has 0 aromatic carbocycles. The summed E-state index contributed by atoms with van der Waals surface area (Å²) in [7, 11) is 0.858. The lowest BCUT2D eigenvalue weighted by molar-refractivity contribution is 0.0625. The fraction of sp³-hybridized carbons (Fsp3) is 0.941. The zero-order valence-corrected chi connectivity index (χ0v) is 19.5. The molecule has 0 amide bonds. The Morgan fingerprint density at radius 1 is 1.19 bits per heavy atom. The van der Waals surface area contributed by atoms with Crippen molar-refractivity contribution < 1.29 is 13.2 Å². The van der Waals surface area contributed by atoms with Gasteiger partial charge in [-0.2, -0.15) is 0 Å². The van der Waals surface area contributed by atoms with Crippen LogP contribution in [-0.2, 0) is 14.8 Å². The van der Waals surface area contributed by atoms with Crippen molar-refractivity contribution in [1.29, 1.82) is 0 Å². The van der Waals surface area contributed by atoms with E-state index in [1.54, 1.807) is 4.31 Å². The van der Waals surface area contributed by atoms with Crippen molar-refractivity contribution >= 4 is 40.0 Å². The number of ether oxygens (including phenoxy) is 1. The van der Waals surface area contributed by atoms with E-state index in [4.69, 9.17) is 4.74 Å². The van der Waals surface area contributed by atoms with Gasteiger partial charge in [0, 0.05) is 53.5 Å². The molecule has 0 saturated carbocycles. The van der Waals surface area contributed by atoms with Crippen LogP contribution in [0.25, 0.3) is 0 Å².